The van der Waals surface area contributed by atoms with E-state index in [1.807, 2.05) is 26.0 Å². The summed E-state index contributed by atoms with van der Waals surface area (Å²) in [5, 5.41) is 14.8. The number of aromatic nitrogens is 2. The predicted octanol–water partition coefficient (Wildman–Crippen LogP) is 3.64. The summed E-state index contributed by atoms with van der Waals surface area (Å²) in [7, 11) is 0. The van der Waals surface area contributed by atoms with Crippen LogP contribution in [0.3, 0.4) is 0 Å². The van der Waals surface area contributed by atoms with Crippen LogP contribution < -0.4 is 0 Å². The van der Waals surface area contributed by atoms with Gasteiger partial charge in [0, 0.05) is 17.4 Å². The molecule has 1 aromatic carbocycles. The molecule has 0 radical (unpaired) electrons. The first-order valence-electron chi connectivity index (χ1n) is 6.73. The molecular weight excluding hydrogens is 323 g/mol. The van der Waals surface area contributed by atoms with E-state index < -0.39 is 6.10 Å². The molecule has 0 aliphatic carbocycles. The first-order chi connectivity index (χ1) is 9.53. The number of halogens is 2. The van der Waals surface area contributed by atoms with E-state index in [2.05, 4.69) is 21.0 Å². The molecule has 0 saturated carbocycles. The molecule has 5 heteroatoms. The minimum absolute atomic E-state index is 0.306. The van der Waals surface area contributed by atoms with Gasteiger partial charge in [-0.1, -0.05) is 22.9 Å². The second-order valence-electron chi connectivity index (χ2n) is 4.73. The first kappa shape index (κ1) is 15.2. The number of aryl methyl sites for hydroxylation is 2. The summed E-state index contributed by atoms with van der Waals surface area (Å²) >= 11 is 3.26. The fraction of sp³-hybridized carbons (Fsp3) is 0.400. The lowest BCUT2D eigenvalue weighted by molar-refractivity contribution is 0.167. The van der Waals surface area contributed by atoms with Crippen LogP contribution >= 0.6 is 15.9 Å². The van der Waals surface area contributed by atoms with Crippen molar-refractivity contribution in [3.8, 4) is 0 Å². The summed E-state index contributed by atoms with van der Waals surface area (Å²) in [6, 6.07) is 6.59. The van der Waals surface area contributed by atoms with Crippen LogP contribution in [0, 0.1) is 5.82 Å². The van der Waals surface area contributed by atoms with Crippen LogP contribution in [-0.2, 0) is 19.4 Å². The van der Waals surface area contributed by atoms with Crippen LogP contribution in [0.25, 0.3) is 0 Å². The maximum Gasteiger partial charge on any atom is 0.124 e. The Balaban J connectivity index is 2.22. The number of hydrogen-bond acceptors (Lipinski definition) is 2. The minimum atomic E-state index is -0.684. The van der Waals surface area contributed by atoms with Crippen molar-refractivity contribution in [3.63, 3.8) is 0 Å². The van der Waals surface area contributed by atoms with Gasteiger partial charge in [0.2, 0.25) is 0 Å². The van der Waals surface area contributed by atoms with E-state index in [0.29, 0.717) is 17.4 Å². The Morgan fingerprint density at radius 1 is 1.30 bits per heavy atom. The van der Waals surface area contributed by atoms with Crippen molar-refractivity contribution >= 4 is 15.9 Å². The maximum atomic E-state index is 13.4. The Kier molecular flexibility index (Phi) is 4.94. The summed E-state index contributed by atoms with van der Waals surface area (Å²) in [5.41, 5.74) is 2.50. The molecular formula is C15H18BrFN2O. The van der Waals surface area contributed by atoms with Gasteiger partial charge in [-0.15, -0.1) is 0 Å². The van der Waals surface area contributed by atoms with Crippen LogP contribution in [-0.4, -0.2) is 14.9 Å². The van der Waals surface area contributed by atoms with Gasteiger partial charge in [0.05, 0.1) is 17.5 Å². The molecule has 3 nitrogen and oxygen atoms in total. The largest absolute Gasteiger partial charge is 0.386 e. The molecule has 1 unspecified atom stereocenters. The molecule has 0 aliphatic rings. The molecule has 108 valence electrons. The summed E-state index contributed by atoms with van der Waals surface area (Å²) in [6.07, 6.45) is 0.514. The van der Waals surface area contributed by atoms with Crippen molar-refractivity contribution < 1.29 is 9.50 Å². The number of aliphatic hydroxyl groups is 1. The molecule has 2 rings (SSSR count). The van der Waals surface area contributed by atoms with Gasteiger partial charge in [-0.05, 0) is 43.2 Å². The van der Waals surface area contributed by atoms with E-state index in [4.69, 9.17) is 0 Å². The molecule has 2 aromatic rings. The standard InChI is InChI=1S/C15H18BrFN2O/c1-3-13-9-14(19(4-2)18-13)15(20)7-10-5-11(16)8-12(17)6-10/h5-6,8-9,15,20H,3-4,7H2,1-2H3. The number of rotatable bonds is 5. The van der Waals surface area contributed by atoms with Gasteiger partial charge in [0.25, 0.3) is 0 Å². The molecule has 20 heavy (non-hydrogen) atoms. The lowest BCUT2D eigenvalue weighted by atomic mass is 10.1. The highest BCUT2D eigenvalue weighted by Crippen LogP contribution is 2.22. The molecule has 0 fully saturated rings. The Hall–Kier alpha value is -1.20. The lowest BCUT2D eigenvalue weighted by Gasteiger charge is -2.12. The van der Waals surface area contributed by atoms with Crippen LogP contribution in [0.5, 0.6) is 0 Å². The molecule has 0 saturated heterocycles. The average Bonchev–Trinajstić information content (AvgIpc) is 2.80. The van der Waals surface area contributed by atoms with Gasteiger partial charge in [-0.3, -0.25) is 4.68 Å². The van der Waals surface area contributed by atoms with Gasteiger partial charge in [-0.2, -0.15) is 5.10 Å². The summed E-state index contributed by atoms with van der Waals surface area (Å²) in [5.74, 6) is -0.306. The second kappa shape index (κ2) is 6.50. The highest BCUT2D eigenvalue weighted by molar-refractivity contribution is 9.10. The number of benzene rings is 1. The second-order valence-corrected chi connectivity index (χ2v) is 5.64. The predicted molar refractivity (Wildman–Crippen MR) is 80.0 cm³/mol. The van der Waals surface area contributed by atoms with E-state index in [9.17, 15) is 9.50 Å². The zero-order valence-corrected chi connectivity index (χ0v) is 13.2. The Bertz CT molecular complexity index is 577. The van der Waals surface area contributed by atoms with Gasteiger partial charge in [0.15, 0.2) is 0 Å². The van der Waals surface area contributed by atoms with Crippen molar-refractivity contribution in [1.29, 1.82) is 0 Å². The number of nitrogens with zero attached hydrogens (tertiary/aromatic N) is 2. The SMILES string of the molecule is CCc1cc(C(O)Cc2cc(F)cc(Br)c2)n(CC)n1. The molecule has 0 aliphatic heterocycles. The summed E-state index contributed by atoms with van der Waals surface area (Å²) in [6.45, 7) is 4.73. The maximum absolute atomic E-state index is 13.4. The van der Waals surface area contributed by atoms with Gasteiger partial charge in [-0.25, -0.2) is 4.39 Å². The van der Waals surface area contributed by atoms with Gasteiger partial charge < -0.3 is 5.11 Å². The van der Waals surface area contributed by atoms with E-state index in [-0.39, 0.29) is 5.82 Å². The van der Waals surface area contributed by atoms with E-state index in [1.165, 1.54) is 12.1 Å². The van der Waals surface area contributed by atoms with E-state index in [1.54, 1.807) is 4.68 Å². The lowest BCUT2D eigenvalue weighted by Crippen LogP contribution is -2.10. The molecule has 1 aromatic heterocycles. The Labute approximate surface area is 126 Å². The molecule has 0 bridgehead atoms. The highest BCUT2D eigenvalue weighted by Gasteiger charge is 2.16. The Morgan fingerprint density at radius 3 is 2.65 bits per heavy atom. The molecule has 1 atom stereocenters. The van der Waals surface area contributed by atoms with Crippen molar-refractivity contribution in [1.82, 2.24) is 9.78 Å². The van der Waals surface area contributed by atoms with Crippen molar-refractivity contribution in [2.24, 2.45) is 0 Å². The van der Waals surface area contributed by atoms with Crippen LogP contribution in [0.1, 0.15) is 36.9 Å². The number of hydrogen-bond donors (Lipinski definition) is 1. The molecule has 0 spiro atoms. The summed E-state index contributed by atoms with van der Waals surface area (Å²) < 4.78 is 15.8. The third-order valence-corrected chi connectivity index (χ3v) is 3.67. The fourth-order valence-corrected chi connectivity index (χ4v) is 2.75. The van der Waals surface area contributed by atoms with Crippen LogP contribution in [0.15, 0.2) is 28.7 Å². The smallest absolute Gasteiger partial charge is 0.124 e. The third-order valence-electron chi connectivity index (χ3n) is 3.22. The van der Waals surface area contributed by atoms with E-state index in [0.717, 1.165) is 23.4 Å². The molecule has 1 heterocycles. The minimum Gasteiger partial charge on any atom is -0.386 e. The zero-order chi connectivity index (χ0) is 14.7. The topological polar surface area (TPSA) is 38.0 Å². The normalized spacial score (nSPS) is 12.7. The third kappa shape index (κ3) is 3.46. The summed E-state index contributed by atoms with van der Waals surface area (Å²) in [4.78, 5) is 0. The Morgan fingerprint density at radius 2 is 2.05 bits per heavy atom. The highest BCUT2D eigenvalue weighted by atomic mass is 79.9. The van der Waals surface area contributed by atoms with Crippen molar-refractivity contribution in [2.75, 3.05) is 0 Å². The average molecular weight is 341 g/mol. The van der Waals surface area contributed by atoms with Gasteiger partial charge in [0.1, 0.15) is 5.82 Å². The van der Waals surface area contributed by atoms with Crippen molar-refractivity contribution in [3.05, 3.63) is 51.5 Å². The van der Waals surface area contributed by atoms with Crippen LogP contribution in [0.2, 0.25) is 0 Å². The zero-order valence-electron chi connectivity index (χ0n) is 11.6. The van der Waals surface area contributed by atoms with E-state index >= 15 is 0 Å². The number of aliphatic hydroxyl groups excluding tert-OH is 1. The van der Waals surface area contributed by atoms with Crippen LogP contribution in [0.4, 0.5) is 4.39 Å². The fourth-order valence-electron chi connectivity index (χ4n) is 2.24. The molecule has 0 amide bonds. The quantitative estimate of drug-likeness (QED) is 0.902. The molecule has 1 N–H and O–H groups in total. The first-order valence-corrected chi connectivity index (χ1v) is 7.52. The monoisotopic (exact) mass is 340 g/mol. The van der Waals surface area contributed by atoms with Gasteiger partial charge >= 0.3 is 0 Å². The van der Waals surface area contributed by atoms with Crippen molar-refractivity contribution in [2.45, 2.75) is 39.3 Å².